The molecule has 3 rings (SSSR count). The van der Waals surface area contributed by atoms with E-state index >= 15 is 0 Å². The molecule has 0 bridgehead atoms. The molecule has 1 aliphatic rings. The van der Waals surface area contributed by atoms with Crippen LogP contribution in [0, 0.1) is 0 Å². The average molecular weight is 433 g/mol. The van der Waals surface area contributed by atoms with Crippen LogP contribution in [0.25, 0.3) is 0 Å². The fraction of sp³-hybridized carbons (Fsp3) is 0.391. The lowest BCUT2D eigenvalue weighted by Crippen LogP contribution is -2.43. The number of amides is 2. The fourth-order valence-corrected chi connectivity index (χ4v) is 4.25. The number of hydrogen-bond donors (Lipinski definition) is 0. The summed E-state index contributed by atoms with van der Waals surface area (Å²) in [5.41, 5.74) is 3.21. The number of carbonyl (C=O) groups is 2. The molecule has 0 spiro atoms. The molecule has 154 valence electrons. The first-order chi connectivity index (χ1) is 13.8. The molecule has 1 aliphatic heterocycles. The SMILES string of the molecule is CC(=O)N1CCc2ccccc2C1CC(=O)N(Cc1ccc(Cl)c(Cl)c1)C(C)C. The Morgan fingerprint density at radius 1 is 1.14 bits per heavy atom. The maximum atomic E-state index is 13.3. The van der Waals surface area contributed by atoms with Crippen LogP contribution in [0.3, 0.4) is 0 Å². The van der Waals surface area contributed by atoms with Gasteiger partial charge in [-0.3, -0.25) is 9.59 Å². The van der Waals surface area contributed by atoms with Gasteiger partial charge in [0.2, 0.25) is 11.8 Å². The summed E-state index contributed by atoms with van der Waals surface area (Å²) >= 11 is 12.2. The largest absolute Gasteiger partial charge is 0.336 e. The van der Waals surface area contributed by atoms with E-state index in [2.05, 4.69) is 6.07 Å². The van der Waals surface area contributed by atoms with Gasteiger partial charge in [-0.05, 0) is 49.1 Å². The first-order valence-electron chi connectivity index (χ1n) is 9.86. The van der Waals surface area contributed by atoms with Crippen LogP contribution < -0.4 is 0 Å². The molecule has 1 unspecified atom stereocenters. The summed E-state index contributed by atoms with van der Waals surface area (Å²) in [6, 6.07) is 13.3. The van der Waals surface area contributed by atoms with Crippen molar-refractivity contribution < 1.29 is 9.59 Å². The summed E-state index contributed by atoms with van der Waals surface area (Å²) in [7, 11) is 0. The molecular weight excluding hydrogens is 407 g/mol. The summed E-state index contributed by atoms with van der Waals surface area (Å²) in [4.78, 5) is 29.2. The van der Waals surface area contributed by atoms with Gasteiger partial charge in [0, 0.05) is 26.1 Å². The molecule has 0 radical (unpaired) electrons. The van der Waals surface area contributed by atoms with Gasteiger partial charge in [0.15, 0.2) is 0 Å². The van der Waals surface area contributed by atoms with Gasteiger partial charge in [0.25, 0.3) is 0 Å². The maximum Gasteiger partial charge on any atom is 0.225 e. The van der Waals surface area contributed by atoms with E-state index in [0.29, 0.717) is 23.1 Å². The van der Waals surface area contributed by atoms with Gasteiger partial charge in [0.05, 0.1) is 22.5 Å². The average Bonchev–Trinajstić information content (AvgIpc) is 2.68. The number of nitrogens with zero attached hydrogens (tertiary/aromatic N) is 2. The molecule has 0 saturated heterocycles. The Labute approximate surface area is 182 Å². The topological polar surface area (TPSA) is 40.6 Å². The normalized spacial score (nSPS) is 15.9. The molecule has 0 aliphatic carbocycles. The lowest BCUT2D eigenvalue weighted by molar-refractivity contribution is -0.138. The maximum absolute atomic E-state index is 13.3. The van der Waals surface area contributed by atoms with Crippen molar-refractivity contribution in [3.63, 3.8) is 0 Å². The number of hydrogen-bond acceptors (Lipinski definition) is 2. The predicted molar refractivity (Wildman–Crippen MR) is 117 cm³/mol. The Kier molecular flexibility index (Phi) is 6.86. The molecule has 0 saturated carbocycles. The first-order valence-corrected chi connectivity index (χ1v) is 10.6. The number of rotatable bonds is 5. The van der Waals surface area contributed by atoms with Crippen LogP contribution >= 0.6 is 23.2 Å². The van der Waals surface area contributed by atoms with Gasteiger partial charge in [0.1, 0.15) is 0 Å². The van der Waals surface area contributed by atoms with Crippen LogP contribution in [-0.4, -0.2) is 34.2 Å². The zero-order chi connectivity index (χ0) is 21.1. The molecule has 6 heteroatoms. The van der Waals surface area contributed by atoms with E-state index in [0.717, 1.165) is 17.5 Å². The predicted octanol–water partition coefficient (Wildman–Crippen LogP) is 5.27. The Hall–Kier alpha value is -2.04. The second kappa shape index (κ2) is 9.19. The van der Waals surface area contributed by atoms with Crippen LogP contribution in [0.2, 0.25) is 10.0 Å². The summed E-state index contributed by atoms with van der Waals surface area (Å²) in [5.74, 6) is 0.0110. The van der Waals surface area contributed by atoms with Gasteiger partial charge >= 0.3 is 0 Å². The van der Waals surface area contributed by atoms with Crippen molar-refractivity contribution in [3.8, 4) is 0 Å². The molecule has 2 aromatic carbocycles. The third-order valence-corrected chi connectivity index (χ3v) is 6.20. The summed E-state index contributed by atoms with van der Waals surface area (Å²) in [6.45, 7) is 6.64. The van der Waals surface area contributed by atoms with E-state index in [1.54, 1.807) is 19.1 Å². The van der Waals surface area contributed by atoms with Crippen molar-refractivity contribution in [3.05, 3.63) is 69.2 Å². The second-order valence-electron chi connectivity index (χ2n) is 7.74. The van der Waals surface area contributed by atoms with Gasteiger partial charge in [-0.15, -0.1) is 0 Å². The molecular formula is C23H26Cl2N2O2. The Morgan fingerprint density at radius 3 is 2.52 bits per heavy atom. The van der Waals surface area contributed by atoms with Gasteiger partial charge < -0.3 is 9.80 Å². The molecule has 29 heavy (non-hydrogen) atoms. The van der Waals surface area contributed by atoms with E-state index in [-0.39, 0.29) is 30.3 Å². The van der Waals surface area contributed by atoms with Gasteiger partial charge in [-0.25, -0.2) is 0 Å². The van der Waals surface area contributed by atoms with E-state index in [1.807, 2.05) is 47.9 Å². The van der Waals surface area contributed by atoms with E-state index in [4.69, 9.17) is 23.2 Å². The minimum Gasteiger partial charge on any atom is -0.336 e. The number of fused-ring (bicyclic) bond motifs is 1. The van der Waals surface area contributed by atoms with Gasteiger partial charge in [-0.2, -0.15) is 0 Å². The lowest BCUT2D eigenvalue weighted by atomic mass is 9.90. The Balaban J connectivity index is 1.84. The standard InChI is InChI=1S/C23H26Cl2N2O2/c1-15(2)27(14-17-8-9-20(24)21(25)12-17)23(29)13-22-19-7-5-4-6-18(19)10-11-26(22)16(3)28/h4-9,12,15,22H,10-11,13-14H2,1-3H3. The van der Waals surface area contributed by atoms with Crippen molar-refractivity contribution in [2.45, 2.75) is 52.2 Å². The monoisotopic (exact) mass is 432 g/mol. The van der Waals surface area contributed by atoms with Crippen molar-refractivity contribution in [2.24, 2.45) is 0 Å². The summed E-state index contributed by atoms with van der Waals surface area (Å²) in [5, 5.41) is 0.970. The number of benzene rings is 2. The van der Waals surface area contributed by atoms with Crippen LogP contribution in [-0.2, 0) is 22.6 Å². The highest BCUT2D eigenvalue weighted by atomic mass is 35.5. The third kappa shape index (κ3) is 4.93. The zero-order valence-corrected chi connectivity index (χ0v) is 18.5. The smallest absolute Gasteiger partial charge is 0.225 e. The van der Waals surface area contributed by atoms with Crippen molar-refractivity contribution in [1.29, 1.82) is 0 Å². The van der Waals surface area contributed by atoms with Crippen LogP contribution in [0.1, 0.15) is 49.9 Å². The molecule has 0 aromatic heterocycles. The lowest BCUT2D eigenvalue weighted by Gasteiger charge is -2.38. The Bertz CT molecular complexity index is 914. The summed E-state index contributed by atoms with van der Waals surface area (Å²) in [6.07, 6.45) is 1.08. The first kappa shape index (κ1) is 21.7. The highest BCUT2D eigenvalue weighted by molar-refractivity contribution is 6.42. The van der Waals surface area contributed by atoms with Crippen molar-refractivity contribution >= 4 is 35.0 Å². The third-order valence-electron chi connectivity index (χ3n) is 5.47. The second-order valence-corrected chi connectivity index (χ2v) is 8.56. The van der Waals surface area contributed by atoms with Crippen molar-refractivity contribution in [1.82, 2.24) is 9.80 Å². The summed E-state index contributed by atoms with van der Waals surface area (Å²) < 4.78 is 0. The van der Waals surface area contributed by atoms with Crippen LogP contribution in [0.15, 0.2) is 42.5 Å². The zero-order valence-electron chi connectivity index (χ0n) is 17.0. The van der Waals surface area contributed by atoms with E-state index < -0.39 is 0 Å². The van der Waals surface area contributed by atoms with E-state index in [1.165, 1.54) is 5.56 Å². The molecule has 4 nitrogen and oxygen atoms in total. The highest BCUT2D eigenvalue weighted by Crippen LogP contribution is 2.33. The fourth-order valence-electron chi connectivity index (χ4n) is 3.92. The minimum atomic E-state index is -0.236. The minimum absolute atomic E-state index is 0.00196. The molecule has 1 heterocycles. The van der Waals surface area contributed by atoms with Crippen molar-refractivity contribution in [2.75, 3.05) is 6.54 Å². The molecule has 2 amide bonds. The molecule has 0 N–H and O–H groups in total. The quantitative estimate of drug-likeness (QED) is 0.645. The number of carbonyl (C=O) groups excluding carboxylic acids is 2. The molecule has 2 aromatic rings. The van der Waals surface area contributed by atoms with Crippen LogP contribution in [0.5, 0.6) is 0 Å². The van der Waals surface area contributed by atoms with E-state index in [9.17, 15) is 9.59 Å². The molecule has 0 fully saturated rings. The highest BCUT2D eigenvalue weighted by Gasteiger charge is 2.32. The Morgan fingerprint density at radius 2 is 1.86 bits per heavy atom. The van der Waals surface area contributed by atoms with Crippen LogP contribution in [0.4, 0.5) is 0 Å². The molecule has 1 atom stereocenters. The number of halogens is 2. The van der Waals surface area contributed by atoms with Gasteiger partial charge in [-0.1, -0.05) is 53.5 Å².